The van der Waals surface area contributed by atoms with Crippen LogP contribution in [0.25, 0.3) is 0 Å². The van der Waals surface area contributed by atoms with Crippen LogP contribution in [0.5, 0.6) is 0 Å². The van der Waals surface area contributed by atoms with Crippen LogP contribution in [-0.4, -0.2) is 64.3 Å². The monoisotopic (exact) mass is 270 g/mol. The van der Waals surface area contributed by atoms with Crippen molar-refractivity contribution >= 4 is 12.0 Å². The van der Waals surface area contributed by atoms with Gasteiger partial charge in [-0.15, -0.1) is 0 Å². The topological polar surface area (TPSA) is 81.1 Å². The first kappa shape index (κ1) is 14.1. The van der Waals surface area contributed by atoms with E-state index in [9.17, 15) is 14.7 Å². The summed E-state index contributed by atoms with van der Waals surface area (Å²) >= 11 is 0. The molecule has 2 atom stereocenters. The van der Waals surface area contributed by atoms with Crippen molar-refractivity contribution in [3.05, 3.63) is 0 Å². The minimum Gasteiger partial charge on any atom is -0.480 e. The van der Waals surface area contributed by atoms with Crippen molar-refractivity contribution in [1.82, 2.24) is 9.80 Å². The first-order valence-electron chi connectivity index (χ1n) is 6.86. The molecule has 2 aliphatic rings. The molecule has 2 unspecified atom stereocenters. The van der Waals surface area contributed by atoms with Crippen molar-refractivity contribution in [2.45, 2.75) is 37.7 Å². The van der Waals surface area contributed by atoms with Gasteiger partial charge in [0, 0.05) is 26.1 Å². The Balaban J connectivity index is 1.96. The van der Waals surface area contributed by atoms with E-state index < -0.39 is 11.6 Å². The van der Waals surface area contributed by atoms with Gasteiger partial charge in [-0.3, -0.25) is 4.79 Å². The number of carbonyl (C=O) groups is 2. The Kier molecular flexibility index (Phi) is 3.99. The number of rotatable bonds is 2. The lowest BCUT2D eigenvalue weighted by Gasteiger charge is -2.47. The van der Waals surface area contributed by atoms with Gasteiger partial charge in [-0.1, -0.05) is 12.8 Å². The van der Waals surface area contributed by atoms with Gasteiger partial charge in [-0.05, 0) is 19.3 Å². The second kappa shape index (κ2) is 5.36. The lowest BCUT2D eigenvalue weighted by atomic mass is 9.71. The van der Waals surface area contributed by atoms with E-state index >= 15 is 0 Å². The number of aliphatic hydroxyl groups is 1. The second-order valence-electron chi connectivity index (χ2n) is 5.77. The Morgan fingerprint density at radius 1 is 1.37 bits per heavy atom. The maximum Gasteiger partial charge on any atom is 0.323 e. The molecule has 2 rings (SSSR count). The molecule has 2 fully saturated rings. The lowest BCUT2D eigenvalue weighted by molar-refractivity contribution is -0.137. The molecular weight excluding hydrogens is 248 g/mol. The van der Waals surface area contributed by atoms with Crippen LogP contribution in [0.3, 0.4) is 0 Å². The predicted octanol–water partition coefficient (Wildman–Crippen LogP) is 0.750. The highest BCUT2D eigenvalue weighted by Crippen LogP contribution is 2.39. The number of nitrogens with zero attached hydrogens (tertiary/aromatic N) is 2. The number of likely N-dealkylation sites (N-methyl/N-ethyl adjacent to an activating group) is 1. The Morgan fingerprint density at radius 2 is 2.11 bits per heavy atom. The van der Waals surface area contributed by atoms with E-state index in [1.54, 1.807) is 4.90 Å². The van der Waals surface area contributed by atoms with Crippen molar-refractivity contribution in [2.75, 3.05) is 26.7 Å². The van der Waals surface area contributed by atoms with Crippen LogP contribution < -0.4 is 0 Å². The van der Waals surface area contributed by atoms with Crippen LogP contribution in [0.15, 0.2) is 0 Å². The Labute approximate surface area is 113 Å². The van der Waals surface area contributed by atoms with E-state index in [1.807, 2.05) is 0 Å². The Morgan fingerprint density at radius 3 is 2.79 bits per heavy atom. The smallest absolute Gasteiger partial charge is 0.323 e. The Hall–Kier alpha value is -1.30. The molecule has 1 aliphatic heterocycles. The Bertz CT molecular complexity index is 374. The second-order valence-corrected chi connectivity index (χ2v) is 5.77. The van der Waals surface area contributed by atoms with Crippen molar-refractivity contribution in [2.24, 2.45) is 5.92 Å². The molecular formula is C13H22N2O4. The molecule has 2 amide bonds. The SMILES string of the molecule is CN(CC(=O)O)C(=O)N1CCC2(O)CCCCC2C1. The fourth-order valence-corrected chi connectivity index (χ4v) is 3.26. The number of fused-ring (bicyclic) bond motifs is 1. The number of hydrogen-bond acceptors (Lipinski definition) is 3. The van der Waals surface area contributed by atoms with Crippen molar-refractivity contribution in [3.63, 3.8) is 0 Å². The number of urea groups is 1. The highest BCUT2D eigenvalue weighted by Gasteiger charge is 2.44. The van der Waals surface area contributed by atoms with E-state index in [2.05, 4.69) is 0 Å². The molecule has 108 valence electrons. The lowest BCUT2D eigenvalue weighted by Crippen LogP contribution is -2.56. The van der Waals surface area contributed by atoms with Crippen LogP contribution >= 0.6 is 0 Å². The van der Waals surface area contributed by atoms with Crippen molar-refractivity contribution < 1.29 is 19.8 Å². The third-order valence-corrected chi connectivity index (χ3v) is 4.40. The molecule has 1 aliphatic carbocycles. The summed E-state index contributed by atoms with van der Waals surface area (Å²) in [5, 5.41) is 19.2. The van der Waals surface area contributed by atoms with Gasteiger partial charge in [0.25, 0.3) is 0 Å². The minimum atomic E-state index is -1.01. The van der Waals surface area contributed by atoms with Gasteiger partial charge in [0.1, 0.15) is 6.54 Å². The maximum atomic E-state index is 12.1. The first-order chi connectivity index (χ1) is 8.92. The molecule has 1 saturated heterocycles. The summed E-state index contributed by atoms with van der Waals surface area (Å²) in [6.07, 6.45) is 4.53. The van der Waals surface area contributed by atoms with E-state index in [1.165, 1.54) is 11.9 Å². The molecule has 0 spiro atoms. The van der Waals surface area contributed by atoms with Crippen molar-refractivity contribution in [3.8, 4) is 0 Å². The van der Waals surface area contributed by atoms with Crippen LogP contribution in [0.4, 0.5) is 4.79 Å². The van der Waals surface area contributed by atoms with Crippen LogP contribution in [0.2, 0.25) is 0 Å². The normalized spacial score (nSPS) is 30.6. The third kappa shape index (κ3) is 3.00. The van der Waals surface area contributed by atoms with Crippen LogP contribution in [0, 0.1) is 5.92 Å². The highest BCUT2D eigenvalue weighted by molar-refractivity contribution is 5.80. The van der Waals surface area contributed by atoms with Gasteiger partial charge in [0.15, 0.2) is 0 Å². The number of likely N-dealkylation sites (tertiary alicyclic amines) is 1. The molecule has 0 radical (unpaired) electrons. The van der Waals surface area contributed by atoms with Gasteiger partial charge < -0.3 is 20.0 Å². The van der Waals surface area contributed by atoms with Gasteiger partial charge in [0.05, 0.1) is 5.60 Å². The van der Waals surface area contributed by atoms with Gasteiger partial charge in [-0.25, -0.2) is 4.79 Å². The molecule has 19 heavy (non-hydrogen) atoms. The average Bonchev–Trinajstić information content (AvgIpc) is 2.36. The average molecular weight is 270 g/mol. The molecule has 0 aromatic heterocycles. The summed E-state index contributed by atoms with van der Waals surface area (Å²) < 4.78 is 0. The molecule has 0 aromatic carbocycles. The maximum absolute atomic E-state index is 12.1. The largest absolute Gasteiger partial charge is 0.480 e. The quantitative estimate of drug-likeness (QED) is 0.776. The van der Waals surface area contributed by atoms with E-state index in [4.69, 9.17) is 5.11 Å². The zero-order chi connectivity index (χ0) is 14.0. The summed E-state index contributed by atoms with van der Waals surface area (Å²) in [5.41, 5.74) is -0.611. The summed E-state index contributed by atoms with van der Waals surface area (Å²) in [6.45, 7) is 0.763. The van der Waals surface area contributed by atoms with Crippen molar-refractivity contribution in [1.29, 1.82) is 0 Å². The van der Waals surface area contributed by atoms with E-state index in [-0.39, 0.29) is 18.5 Å². The molecule has 1 saturated carbocycles. The number of carboxylic acid groups (broad SMARTS) is 1. The van der Waals surface area contributed by atoms with Gasteiger partial charge >= 0.3 is 12.0 Å². The van der Waals surface area contributed by atoms with Crippen LogP contribution in [-0.2, 0) is 4.79 Å². The highest BCUT2D eigenvalue weighted by atomic mass is 16.4. The number of amides is 2. The van der Waals surface area contributed by atoms with Gasteiger partial charge in [0.2, 0.25) is 0 Å². The molecule has 2 N–H and O–H groups in total. The molecule has 1 heterocycles. The zero-order valence-electron chi connectivity index (χ0n) is 11.3. The summed E-state index contributed by atoms with van der Waals surface area (Å²) in [4.78, 5) is 25.6. The molecule has 0 aromatic rings. The molecule has 0 bridgehead atoms. The minimum absolute atomic E-state index is 0.136. The number of carbonyl (C=O) groups excluding carboxylic acids is 1. The predicted molar refractivity (Wildman–Crippen MR) is 68.8 cm³/mol. The number of carboxylic acids is 1. The fraction of sp³-hybridized carbons (Fsp3) is 0.846. The number of piperidine rings is 1. The molecule has 6 heteroatoms. The van der Waals surface area contributed by atoms with E-state index in [0.29, 0.717) is 19.5 Å². The van der Waals surface area contributed by atoms with Gasteiger partial charge in [-0.2, -0.15) is 0 Å². The third-order valence-electron chi connectivity index (χ3n) is 4.40. The van der Waals surface area contributed by atoms with Crippen LogP contribution in [0.1, 0.15) is 32.1 Å². The van der Waals surface area contributed by atoms with E-state index in [0.717, 1.165) is 25.7 Å². The first-order valence-corrected chi connectivity index (χ1v) is 6.86. The standard InChI is InChI=1S/C13H22N2O4/c1-14(9-11(16)17)12(18)15-7-6-13(19)5-3-2-4-10(13)8-15/h10,19H,2-9H2,1H3,(H,16,17). The summed E-state index contributed by atoms with van der Waals surface area (Å²) in [6, 6.07) is -0.255. The number of hydrogen-bond donors (Lipinski definition) is 2. The fourth-order valence-electron chi connectivity index (χ4n) is 3.26. The number of aliphatic carboxylic acids is 1. The molecule has 6 nitrogen and oxygen atoms in total. The summed E-state index contributed by atoms with van der Waals surface area (Å²) in [7, 11) is 1.50. The summed E-state index contributed by atoms with van der Waals surface area (Å²) in [5.74, 6) is -0.876. The zero-order valence-corrected chi connectivity index (χ0v) is 11.3.